The zero-order valence-corrected chi connectivity index (χ0v) is 19.6. The van der Waals surface area contributed by atoms with Gasteiger partial charge >= 0.3 is 0 Å². The Bertz CT molecular complexity index is 314. The van der Waals surface area contributed by atoms with Crippen molar-refractivity contribution in [2.45, 2.75) is 25.7 Å². The molecule has 6 aliphatic rings. The largest absolute Gasteiger partial charge is 1.00 e. The van der Waals surface area contributed by atoms with E-state index in [-0.39, 0.29) is 48.0 Å². The number of rotatable bonds is 7. The van der Waals surface area contributed by atoms with Gasteiger partial charge in [0, 0.05) is 39.3 Å². The van der Waals surface area contributed by atoms with Crippen LogP contribution in [0.1, 0.15) is 25.7 Å². The monoisotopic (exact) mass is 562 g/mol. The van der Waals surface area contributed by atoms with E-state index in [0.717, 1.165) is 0 Å². The van der Waals surface area contributed by atoms with Crippen LogP contribution in [0.3, 0.4) is 0 Å². The first-order valence-electron chi connectivity index (χ1n) is 9.93. The fraction of sp³-hybridized carbons (Fsp3) is 1.00. The second kappa shape index (κ2) is 9.48. The molecule has 0 saturated carbocycles. The Balaban J connectivity index is 0.00000104. The molecule has 0 aromatic heterocycles. The van der Waals surface area contributed by atoms with Gasteiger partial charge in [0.05, 0.1) is 52.4 Å². The van der Waals surface area contributed by atoms with E-state index in [1.54, 1.807) is 0 Å². The molecule has 6 saturated heterocycles. The van der Waals surface area contributed by atoms with Gasteiger partial charge < -0.3 is 56.9 Å². The van der Waals surface area contributed by atoms with Crippen LogP contribution in [0, 0.1) is 0 Å². The van der Waals surface area contributed by atoms with Gasteiger partial charge in [-0.05, 0) is 25.7 Å². The molecule has 6 heterocycles. The van der Waals surface area contributed by atoms with Gasteiger partial charge in [-0.15, -0.1) is 0 Å². The Labute approximate surface area is 183 Å². The number of nitrogens with zero attached hydrogens (tertiary/aromatic N) is 4. The van der Waals surface area contributed by atoms with Gasteiger partial charge in [0.25, 0.3) is 0 Å². The Kier molecular flexibility index (Phi) is 8.53. The van der Waals surface area contributed by atoms with Gasteiger partial charge in [0.2, 0.25) is 0 Å². The van der Waals surface area contributed by atoms with E-state index in [0.29, 0.717) is 0 Å². The molecule has 0 N–H and O–H groups in total. The zero-order valence-electron chi connectivity index (χ0n) is 15.3. The first-order chi connectivity index (χ1) is 10.8. The maximum absolute atomic E-state index is 2.66. The van der Waals surface area contributed by atoms with Crippen LogP contribution in [0.2, 0.25) is 0 Å². The van der Waals surface area contributed by atoms with Crippen LogP contribution in [0.25, 0.3) is 0 Å². The molecule has 0 aliphatic carbocycles. The summed E-state index contributed by atoms with van der Waals surface area (Å²) in [6.07, 6.45) is 5.92. The summed E-state index contributed by atoms with van der Waals surface area (Å²) in [5, 5.41) is 0. The fourth-order valence-corrected chi connectivity index (χ4v) is 5.38. The number of hydrogen-bond donors (Lipinski definition) is 0. The second-order valence-corrected chi connectivity index (χ2v) is 8.57. The molecule has 4 nitrogen and oxygen atoms in total. The summed E-state index contributed by atoms with van der Waals surface area (Å²) in [5.74, 6) is 0. The normalized spacial score (nSPS) is 40.0. The number of fused-ring (bicyclic) bond motifs is 6. The van der Waals surface area contributed by atoms with Crippen molar-refractivity contribution in [1.29, 1.82) is 0 Å². The van der Waals surface area contributed by atoms with E-state index < -0.39 is 0 Å². The highest BCUT2D eigenvalue weighted by Crippen LogP contribution is 2.22. The quantitative estimate of drug-likeness (QED) is 0.174. The third-order valence-corrected chi connectivity index (χ3v) is 7.36. The van der Waals surface area contributed by atoms with Crippen molar-refractivity contribution in [3.63, 3.8) is 0 Å². The number of halogens is 2. The van der Waals surface area contributed by atoms with E-state index in [4.69, 9.17) is 0 Å². The standard InChI is InChI=1S/C18H36N4.2HI/c1(3-11-21-13-5-19(6-14-21)7-15-21)2-4-12-22-16-8-20(9-17-22)10-18-22;;/h1-18H2;2*1H/q+2;;/p-2. The van der Waals surface area contributed by atoms with Gasteiger partial charge in [0.1, 0.15) is 0 Å². The predicted octanol–water partition coefficient (Wildman–Crippen LogP) is -5.15. The highest BCUT2D eigenvalue weighted by molar-refractivity contribution is 4.72. The third-order valence-electron chi connectivity index (χ3n) is 7.36. The van der Waals surface area contributed by atoms with Crippen LogP contribution in [0.5, 0.6) is 0 Å². The molecule has 0 radical (unpaired) electrons. The lowest BCUT2D eigenvalue weighted by Crippen LogP contribution is -3.00. The van der Waals surface area contributed by atoms with Gasteiger partial charge in [-0.3, -0.25) is 9.80 Å². The smallest absolute Gasteiger partial charge is 0.0916 e. The average molecular weight is 562 g/mol. The van der Waals surface area contributed by atoms with E-state index in [1.807, 2.05) is 0 Å². The third kappa shape index (κ3) is 4.97. The van der Waals surface area contributed by atoms with Crippen molar-refractivity contribution in [2.75, 3.05) is 91.6 Å². The maximum Gasteiger partial charge on any atom is 0.0916 e. The topological polar surface area (TPSA) is 6.48 Å². The van der Waals surface area contributed by atoms with Crippen molar-refractivity contribution in [1.82, 2.24) is 9.80 Å². The van der Waals surface area contributed by atoms with Crippen LogP contribution in [-0.4, -0.2) is 110 Å². The van der Waals surface area contributed by atoms with Crippen LogP contribution in [-0.2, 0) is 0 Å². The lowest BCUT2D eigenvalue weighted by atomic mass is 10.1. The molecule has 142 valence electrons. The first-order valence-corrected chi connectivity index (χ1v) is 9.93. The van der Waals surface area contributed by atoms with Crippen LogP contribution in [0.4, 0.5) is 0 Å². The molecule has 0 aromatic rings. The van der Waals surface area contributed by atoms with E-state index in [9.17, 15) is 0 Å². The Hall–Kier alpha value is 1.30. The van der Waals surface area contributed by atoms with Crippen molar-refractivity contribution >= 4 is 0 Å². The Morgan fingerprint density at radius 1 is 0.458 bits per heavy atom. The maximum atomic E-state index is 2.66. The Morgan fingerprint density at radius 2 is 0.750 bits per heavy atom. The van der Waals surface area contributed by atoms with Crippen LogP contribution in [0.15, 0.2) is 0 Å². The molecule has 6 heteroatoms. The molecule has 6 rings (SSSR count). The first kappa shape index (κ1) is 21.6. The number of unbranched alkanes of at least 4 members (excludes halogenated alkanes) is 3. The summed E-state index contributed by atoms with van der Waals surface area (Å²) in [6.45, 7) is 19.8. The molecule has 4 bridgehead atoms. The summed E-state index contributed by atoms with van der Waals surface area (Å²) in [5.41, 5.74) is 0. The molecular weight excluding hydrogens is 526 g/mol. The minimum atomic E-state index is 0. The minimum Gasteiger partial charge on any atom is -1.00 e. The number of piperazine rings is 6. The van der Waals surface area contributed by atoms with Gasteiger partial charge in [-0.25, -0.2) is 0 Å². The van der Waals surface area contributed by atoms with Crippen LogP contribution < -0.4 is 48.0 Å². The Morgan fingerprint density at radius 3 is 1.04 bits per heavy atom. The van der Waals surface area contributed by atoms with Crippen molar-refractivity contribution in [3.8, 4) is 0 Å². The van der Waals surface area contributed by atoms with Gasteiger partial charge in [-0.2, -0.15) is 0 Å². The van der Waals surface area contributed by atoms with E-state index in [2.05, 4.69) is 9.80 Å². The molecule has 0 amide bonds. The number of quaternary nitrogens is 2. The van der Waals surface area contributed by atoms with Gasteiger partial charge in [0.15, 0.2) is 0 Å². The van der Waals surface area contributed by atoms with Crippen molar-refractivity contribution in [3.05, 3.63) is 0 Å². The summed E-state index contributed by atoms with van der Waals surface area (Å²) >= 11 is 0. The summed E-state index contributed by atoms with van der Waals surface area (Å²) in [4.78, 5) is 5.32. The highest BCUT2D eigenvalue weighted by atomic mass is 127. The highest BCUT2D eigenvalue weighted by Gasteiger charge is 2.38. The molecule has 0 spiro atoms. The van der Waals surface area contributed by atoms with Crippen molar-refractivity contribution in [2.24, 2.45) is 0 Å². The SMILES string of the molecule is C(CCC[N+]12CCN(CC1)CC2)CC[N+]12CCN(CC1)CC2.[I-].[I-]. The van der Waals surface area contributed by atoms with E-state index >= 15 is 0 Å². The zero-order chi connectivity index (χ0) is 14.9. The summed E-state index contributed by atoms with van der Waals surface area (Å²) in [6, 6.07) is 0. The average Bonchev–Trinajstić information content (AvgIpc) is 2.61. The number of hydrogen-bond acceptors (Lipinski definition) is 2. The van der Waals surface area contributed by atoms with E-state index in [1.165, 1.54) is 126 Å². The summed E-state index contributed by atoms with van der Waals surface area (Å²) < 4.78 is 2.93. The lowest BCUT2D eigenvalue weighted by molar-refractivity contribution is -0.941. The van der Waals surface area contributed by atoms with Crippen molar-refractivity contribution < 1.29 is 56.9 Å². The molecule has 0 atom stereocenters. The predicted molar refractivity (Wildman–Crippen MR) is 90.8 cm³/mol. The second-order valence-electron chi connectivity index (χ2n) is 8.57. The molecule has 6 aliphatic heterocycles. The lowest BCUT2D eigenvalue weighted by Gasteiger charge is -2.51. The minimum absolute atomic E-state index is 0. The molecular formula is C18H36I2N4. The fourth-order valence-electron chi connectivity index (χ4n) is 5.38. The van der Waals surface area contributed by atoms with Gasteiger partial charge in [-0.1, -0.05) is 0 Å². The molecule has 0 aromatic carbocycles. The van der Waals surface area contributed by atoms with Crippen LogP contribution >= 0.6 is 0 Å². The molecule has 6 fully saturated rings. The summed E-state index contributed by atoms with van der Waals surface area (Å²) in [7, 11) is 0. The molecule has 0 unspecified atom stereocenters. The molecule has 24 heavy (non-hydrogen) atoms.